The number of ether oxygens (including phenoxy) is 2. The molecule has 1 aliphatic carbocycles. The Morgan fingerprint density at radius 3 is 2.12 bits per heavy atom. The fourth-order valence-electron chi connectivity index (χ4n) is 4.40. The van der Waals surface area contributed by atoms with Crippen molar-refractivity contribution in [3.63, 3.8) is 0 Å². The molecule has 0 bridgehead atoms. The van der Waals surface area contributed by atoms with E-state index in [2.05, 4.69) is 17.1 Å². The van der Waals surface area contributed by atoms with Crippen molar-refractivity contribution in [3.8, 4) is 12.1 Å². The number of carbonyl (C=O) groups excluding carboxylic acids is 2. The van der Waals surface area contributed by atoms with Gasteiger partial charge in [0, 0.05) is 23.2 Å². The predicted octanol–water partition coefficient (Wildman–Crippen LogP) is 3.49. The zero-order chi connectivity index (χ0) is 24.2. The van der Waals surface area contributed by atoms with Gasteiger partial charge in [0.15, 0.2) is 5.41 Å². The van der Waals surface area contributed by atoms with E-state index in [0.717, 1.165) is 19.1 Å². The Labute approximate surface area is 195 Å². The van der Waals surface area contributed by atoms with E-state index in [4.69, 9.17) is 9.47 Å². The lowest BCUT2D eigenvalue weighted by atomic mass is 9.54. The lowest BCUT2D eigenvalue weighted by Crippen LogP contribution is -2.47. The highest BCUT2D eigenvalue weighted by Gasteiger charge is 2.61. The maximum atomic E-state index is 12.9. The number of carbonyl (C=O) groups is 2. The summed E-state index contributed by atoms with van der Waals surface area (Å²) in [5.74, 6) is -6.25. The molecule has 3 rings (SSSR count). The molecule has 3 atom stereocenters. The van der Waals surface area contributed by atoms with Gasteiger partial charge in [-0.3, -0.25) is 9.78 Å². The van der Waals surface area contributed by atoms with Gasteiger partial charge in [0.05, 0.1) is 37.8 Å². The molecular weight excluding hydrogens is 442 g/mol. The summed E-state index contributed by atoms with van der Waals surface area (Å²) >= 11 is 1.50. The molecule has 0 amide bonds. The second kappa shape index (κ2) is 9.76. The number of rotatable bonds is 5. The van der Waals surface area contributed by atoms with Crippen molar-refractivity contribution in [2.24, 2.45) is 11.3 Å². The third-order valence-electron chi connectivity index (χ3n) is 5.88. The second-order valence-corrected chi connectivity index (χ2v) is 8.23. The van der Waals surface area contributed by atoms with Gasteiger partial charge >= 0.3 is 11.9 Å². The first-order valence-electron chi connectivity index (χ1n) is 9.85. The lowest BCUT2D eigenvalue weighted by Gasteiger charge is -2.44. The smallest absolute Gasteiger partial charge is 0.337 e. The second-order valence-electron chi connectivity index (χ2n) is 7.35. The van der Waals surface area contributed by atoms with Crippen LogP contribution in [0, 0.1) is 34.0 Å². The highest BCUT2D eigenvalue weighted by molar-refractivity contribution is 7.98. The molecule has 0 saturated heterocycles. The van der Waals surface area contributed by atoms with E-state index in [1.165, 1.54) is 24.2 Å². The number of methoxy groups -OCH3 is 2. The SMILES string of the molecule is COC(=O)C1=C(O)[C@H](C(=O)OC)[C@@H](c2ccncc2)C(C#N)(C#N)[C@H]1c1ccc(SC)cc1. The number of aliphatic hydroxyl groups excluding tert-OH is 1. The standard InChI is InChI=1S/C24H21N3O5S/c1-31-22(29)17-19(14-4-6-16(33-3)7-5-14)24(12-25,13-26)20(15-8-10-27-11-9-15)18(21(17)28)23(30)32-2/h4-11,18-20,28H,1-3H3/t18-,19+,20-/m1/s1. The van der Waals surface area contributed by atoms with E-state index in [9.17, 15) is 25.2 Å². The minimum atomic E-state index is -1.96. The number of hydrogen-bond donors (Lipinski definition) is 1. The zero-order valence-corrected chi connectivity index (χ0v) is 19.0. The molecule has 1 aromatic heterocycles. The number of hydrogen-bond acceptors (Lipinski definition) is 9. The number of esters is 2. The van der Waals surface area contributed by atoms with Crippen molar-refractivity contribution >= 4 is 23.7 Å². The number of nitriles is 2. The summed E-state index contributed by atoms with van der Waals surface area (Å²) in [5, 5.41) is 32.1. The van der Waals surface area contributed by atoms with Gasteiger partial charge in [0.25, 0.3) is 0 Å². The van der Waals surface area contributed by atoms with Gasteiger partial charge in [-0.05, 0) is 41.6 Å². The van der Waals surface area contributed by atoms with Crippen LogP contribution in [0.15, 0.2) is 65.0 Å². The number of benzene rings is 1. The first-order chi connectivity index (χ1) is 15.9. The van der Waals surface area contributed by atoms with Crippen molar-refractivity contribution in [1.29, 1.82) is 10.5 Å². The Morgan fingerprint density at radius 1 is 1.03 bits per heavy atom. The van der Waals surface area contributed by atoms with Gasteiger partial charge in [0.2, 0.25) is 0 Å². The van der Waals surface area contributed by atoms with E-state index in [1.54, 1.807) is 36.4 Å². The Hall–Kier alpha value is -3.82. The molecule has 0 fully saturated rings. The van der Waals surface area contributed by atoms with Crippen LogP contribution in [0.25, 0.3) is 0 Å². The van der Waals surface area contributed by atoms with Crippen LogP contribution in [0.5, 0.6) is 0 Å². The zero-order valence-electron chi connectivity index (χ0n) is 18.2. The highest BCUT2D eigenvalue weighted by Crippen LogP contribution is 2.58. The summed E-state index contributed by atoms with van der Waals surface area (Å²) in [5.41, 5.74) is -1.41. The normalized spacial score (nSPS) is 21.4. The van der Waals surface area contributed by atoms with Crippen LogP contribution >= 0.6 is 11.8 Å². The van der Waals surface area contributed by atoms with Crippen LogP contribution in [-0.2, 0) is 19.1 Å². The van der Waals surface area contributed by atoms with E-state index in [1.807, 2.05) is 6.26 Å². The van der Waals surface area contributed by atoms with Gasteiger partial charge < -0.3 is 14.6 Å². The molecule has 33 heavy (non-hydrogen) atoms. The number of nitrogens with zero attached hydrogens (tertiary/aromatic N) is 3. The maximum Gasteiger partial charge on any atom is 0.337 e. The number of aromatic nitrogens is 1. The molecule has 1 N–H and O–H groups in total. The van der Waals surface area contributed by atoms with Crippen molar-refractivity contribution in [3.05, 3.63) is 71.3 Å². The fraction of sp³-hybridized carbons (Fsp3) is 0.292. The molecule has 8 nitrogen and oxygen atoms in total. The molecule has 0 aliphatic heterocycles. The quantitative estimate of drug-likeness (QED) is 0.522. The van der Waals surface area contributed by atoms with Crippen LogP contribution < -0.4 is 0 Å². The molecule has 1 aliphatic rings. The molecule has 0 saturated carbocycles. The topological polar surface area (TPSA) is 133 Å². The highest BCUT2D eigenvalue weighted by atomic mass is 32.2. The average Bonchev–Trinajstić information content (AvgIpc) is 2.87. The van der Waals surface area contributed by atoms with Crippen molar-refractivity contribution in [1.82, 2.24) is 4.98 Å². The molecule has 9 heteroatoms. The van der Waals surface area contributed by atoms with Crippen molar-refractivity contribution in [2.75, 3.05) is 20.5 Å². The Morgan fingerprint density at radius 2 is 1.64 bits per heavy atom. The molecule has 0 radical (unpaired) electrons. The molecule has 1 aromatic carbocycles. The average molecular weight is 464 g/mol. The Bertz CT molecular complexity index is 1150. The summed E-state index contributed by atoms with van der Waals surface area (Å²) in [7, 11) is 2.25. The third-order valence-corrected chi connectivity index (χ3v) is 6.63. The van der Waals surface area contributed by atoms with E-state index in [-0.39, 0.29) is 5.57 Å². The number of thioether (sulfide) groups is 1. The third kappa shape index (κ3) is 3.92. The molecular formula is C24H21N3O5S. The van der Waals surface area contributed by atoms with Gasteiger partial charge in [-0.1, -0.05) is 12.1 Å². The number of pyridine rings is 1. The number of aliphatic hydroxyl groups is 1. The van der Waals surface area contributed by atoms with E-state index >= 15 is 0 Å². The summed E-state index contributed by atoms with van der Waals surface area (Å²) in [6.45, 7) is 0. The largest absolute Gasteiger partial charge is 0.511 e. The molecule has 168 valence electrons. The first kappa shape index (κ1) is 23.8. The van der Waals surface area contributed by atoms with Gasteiger partial charge in [-0.15, -0.1) is 11.8 Å². The molecule has 0 unspecified atom stereocenters. The minimum absolute atomic E-state index is 0.321. The minimum Gasteiger partial charge on any atom is -0.511 e. The summed E-state index contributed by atoms with van der Waals surface area (Å²) in [6, 6.07) is 14.3. The lowest BCUT2D eigenvalue weighted by molar-refractivity contribution is -0.147. The molecule has 2 aromatic rings. The van der Waals surface area contributed by atoms with Crippen molar-refractivity contribution in [2.45, 2.75) is 16.7 Å². The Kier molecular flexibility index (Phi) is 7.05. The van der Waals surface area contributed by atoms with Crippen LogP contribution in [0.4, 0.5) is 0 Å². The van der Waals surface area contributed by atoms with Crippen LogP contribution in [0.1, 0.15) is 23.0 Å². The van der Waals surface area contributed by atoms with Gasteiger partial charge in [0.1, 0.15) is 11.7 Å². The van der Waals surface area contributed by atoms with Gasteiger partial charge in [-0.25, -0.2) is 4.79 Å². The summed E-state index contributed by atoms with van der Waals surface area (Å²) < 4.78 is 9.80. The summed E-state index contributed by atoms with van der Waals surface area (Å²) in [6.07, 6.45) is 4.82. The van der Waals surface area contributed by atoms with E-state index < -0.39 is 40.9 Å². The Balaban J connectivity index is 2.45. The molecule has 0 spiro atoms. The maximum absolute atomic E-state index is 12.9. The van der Waals surface area contributed by atoms with Crippen molar-refractivity contribution < 1.29 is 24.2 Å². The van der Waals surface area contributed by atoms with Crippen LogP contribution in [-0.4, -0.2) is 42.5 Å². The monoisotopic (exact) mass is 463 g/mol. The van der Waals surface area contributed by atoms with Crippen LogP contribution in [0.2, 0.25) is 0 Å². The summed E-state index contributed by atoms with van der Waals surface area (Å²) in [4.78, 5) is 30.6. The first-order valence-corrected chi connectivity index (χ1v) is 11.1. The fourth-order valence-corrected chi connectivity index (χ4v) is 4.80. The predicted molar refractivity (Wildman–Crippen MR) is 119 cm³/mol. The molecule has 1 heterocycles. The van der Waals surface area contributed by atoms with E-state index in [0.29, 0.717) is 11.1 Å². The van der Waals surface area contributed by atoms with Gasteiger partial charge in [-0.2, -0.15) is 10.5 Å². The van der Waals surface area contributed by atoms with Crippen LogP contribution in [0.3, 0.4) is 0 Å².